The highest BCUT2D eigenvalue weighted by molar-refractivity contribution is 5.77. The third-order valence-electron chi connectivity index (χ3n) is 4.94. The fourth-order valence-corrected chi connectivity index (χ4v) is 3.45. The molecule has 0 bridgehead atoms. The van der Waals surface area contributed by atoms with Crippen molar-refractivity contribution in [2.75, 3.05) is 24.2 Å². The van der Waals surface area contributed by atoms with E-state index in [1.807, 2.05) is 30.3 Å². The number of nitrogens with two attached hydrogens (primary N) is 1. The van der Waals surface area contributed by atoms with Gasteiger partial charge in [-0.25, -0.2) is 0 Å². The number of anilines is 3. The Balaban J connectivity index is 1.58. The van der Waals surface area contributed by atoms with Crippen molar-refractivity contribution in [2.24, 2.45) is 0 Å². The van der Waals surface area contributed by atoms with E-state index in [0.717, 1.165) is 10.6 Å². The summed E-state index contributed by atoms with van der Waals surface area (Å²) < 4.78 is 43.2. The number of carbonyl (C=O) groups is 1. The van der Waals surface area contributed by atoms with Crippen LogP contribution in [-0.4, -0.2) is 55.7 Å². The second-order valence-corrected chi connectivity index (χ2v) is 7.21. The molecule has 0 spiro atoms. The fraction of sp³-hybridized carbons (Fsp3) is 0.368. The SMILES string of the molecule is CN(c1ccccc1)c1nc(N)nc(-c2noc(C3CCCN3C(=O)CC(F)(F)F)n2)n1. The number of benzene rings is 1. The molecular formula is C19H19F3N8O2. The molecule has 1 saturated heterocycles. The number of para-hydroxylation sites is 1. The summed E-state index contributed by atoms with van der Waals surface area (Å²) in [5.41, 5.74) is 6.64. The second kappa shape index (κ2) is 8.40. The van der Waals surface area contributed by atoms with Gasteiger partial charge in [0, 0.05) is 19.3 Å². The highest BCUT2D eigenvalue weighted by atomic mass is 19.4. The van der Waals surface area contributed by atoms with Gasteiger partial charge in [-0.3, -0.25) is 4.79 Å². The Hall–Kier alpha value is -3.77. The van der Waals surface area contributed by atoms with Crippen LogP contribution in [0.3, 0.4) is 0 Å². The normalized spacial score (nSPS) is 16.4. The van der Waals surface area contributed by atoms with Crippen LogP contribution in [-0.2, 0) is 4.79 Å². The summed E-state index contributed by atoms with van der Waals surface area (Å²) in [6, 6.07) is 8.57. The topological polar surface area (TPSA) is 127 Å². The zero-order chi connectivity index (χ0) is 22.9. The van der Waals surface area contributed by atoms with E-state index in [2.05, 4.69) is 25.1 Å². The van der Waals surface area contributed by atoms with E-state index in [1.165, 1.54) is 0 Å². The predicted molar refractivity (Wildman–Crippen MR) is 106 cm³/mol. The van der Waals surface area contributed by atoms with Crippen molar-refractivity contribution < 1.29 is 22.5 Å². The number of aromatic nitrogens is 5. The maximum absolute atomic E-state index is 12.6. The van der Waals surface area contributed by atoms with Crippen molar-refractivity contribution >= 4 is 23.5 Å². The Labute approximate surface area is 180 Å². The molecule has 1 unspecified atom stereocenters. The van der Waals surface area contributed by atoms with Crippen LogP contribution in [0, 0.1) is 0 Å². The molecule has 1 fully saturated rings. The number of halogens is 3. The number of nitrogen functional groups attached to an aromatic ring is 1. The van der Waals surface area contributed by atoms with Gasteiger partial charge in [-0.05, 0) is 25.0 Å². The molecule has 1 aliphatic rings. The zero-order valence-corrected chi connectivity index (χ0v) is 17.0. The van der Waals surface area contributed by atoms with Gasteiger partial charge in [-0.1, -0.05) is 23.4 Å². The third-order valence-corrected chi connectivity index (χ3v) is 4.94. The van der Waals surface area contributed by atoms with E-state index >= 15 is 0 Å². The molecule has 3 aromatic rings. The Bertz CT molecular complexity index is 1110. The van der Waals surface area contributed by atoms with Gasteiger partial charge in [0.25, 0.3) is 0 Å². The summed E-state index contributed by atoms with van der Waals surface area (Å²) in [6.07, 6.45) is -5.19. The lowest BCUT2D eigenvalue weighted by Crippen LogP contribution is -2.33. The van der Waals surface area contributed by atoms with Crippen LogP contribution in [0.25, 0.3) is 11.6 Å². The molecule has 13 heteroatoms. The van der Waals surface area contributed by atoms with E-state index in [0.29, 0.717) is 12.8 Å². The van der Waals surface area contributed by atoms with Crippen molar-refractivity contribution in [3.8, 4) is 11.6 Å². The molecule has 168 valence electrons. The van der Waals surface area contributed by atoms with Gasteiger partial charge in [-0.15, -0.1) is 0 Å². The molecule has 0 radical (unpaired) electrons. The lowest BCUT2D eigenvalue weighted by Gasteiger charge is -2.22. The molecular weight excluding hydrogens is 429 g/mol. The highest BCUT2D eigenvalue weighted by Gasteiger charge is 2.39. The Morgan fingerprint density at radius 3 is 2.66 bits per heavy atom. The minimum atomic E-state index is -4.59. The highest BCUT2D eigenvalue weighted by Crippen LogP contribution is 2.34. The van der Waals surface area contributed by atoms with Crippen LogP contribution in [0.4, 0.5) is 30.8 Å². The maximum atomic E-state index is 12.6. The van der Waals surface area contributed by atoms with Crippen LogP contribution < -0.4 is 10.6 Å². The van der Waals surface area contributed by atoms with Crippen molar-refractivity contribution in [2.45, 2.75) is 31.5 Å². The molecule has 1 aliphatic heterocycles. The van der Waals surface area contributed by atoms with Crippen LogP contribution >= 0.6 is 0 Å². The average Bonchev–Trinajstić information content (AvgIpc) is 3.41. The van der Waals surface area contributed by atoms with Gasteiger partial charge in [0.1, 0.15) is 12.5 Å². The van der Waals surface area contributed by atoms with E-state index in [4.69, 9.17) is 10.3 Å². The van der Waals surface area contributed by atoms with Gasteiger partial charge >= 0.3 is 6.18 Å². The number of rotatable bonds is 5. The number of carbonyl (C=O) groups excluding carboxylic acids is 1. The average molecular weight is 448 g/mol. The first kappa shape index (κ1) is 21.5. The van der Waals surface area contributed by atoms with Crippen molar-refractivity contribution in [3.05, 3.63) is 36.2 Å². The Kier molecular flexibility index (Phi) is 5.63. The van der Waals surface area contributed by atoms with Gasteiger partial charge in [0.05, 0.1) is 0 Å². The molecule has 0 aliphatic carbocycles. The summed E-state index contributed by atoms with van der Waals surface area (Å²) >= 11 is 0. The van der Waals surface area contributed by atoms with Gasteiger partial charge in [0.2, 0.25) is 35.3 Å². The molecule has 3 heterocycles. The predicted octanol–water partition coefficient (Wildman–Crippen LogP) is 2.89. The summed E-state index contributed by atoms with van der Waals surface area (Å²) in [6.45, 7) is 0.183. The van der Waals surface area contributed by atoms with Crippen LogP contribution in [0.2, 0.25) is 0 Å². The number of likely N-dealkylation sites (tertiary alicyclic amines) is 1. The van der Waals surface area contributed by atoms with Crippen LogP contribution in [0.15, 0.2) is 34.9 Å². The molecule has 1 amide bonds. The molecule has 2 N–H and O–H groups in total. The van der Waals surface area contributed by atoms with E-state index < -0.39 is 24.5 Å². The largest absolute Gasteiger partial charge is 0.397 e. The first-order valence-electron chi connectivity index (χ1n) is 9.72. The van der Waals surface area contributed by atoms with Crippen molar-refractivity contribution in [1.29, 1.82) is 0 Å². The number of nitrogens with zero attached hydrogens (tertiary/aromatic N) is 7. The fourth-order valence-electron chi connectivity index (χ4n) is 3.45. The first-order valence-corrected chi connectivity index (χ1v) is 9.72. The van der Waals surface area contributed by atoms with E-state index in [1.54, 1.807) is 11.9 Å². The number of hydrogen-bond donors (Lipinski definition) is 1. The minimum absolute atomic E-state index is 0.00747. The van der Waals surface area contributed by atoms with Crippen molar-refractivity contribution in [1.82, 2.24) is 30.0 Å². The minimum Gasteiger partial charge on any atom is -0.368 e. The summed E-state index contributed by atoms with van der Waals surface area (Å²) in [4.78, 5) is 31.6. The summed E-state index contributed by atoms with van der Waals surface area (Å²) in [5.74, 6) is -0.806. The van der Waals surface area contributed by atoms with Crippen LogP contribution in [0.1, 0.15) is 31.2 Å². The molecule has 1 atom stereocenters. The molecule has 0 saturated carbocycles. The van der Waals surface area contributed by atoms with Gasteiger partial charge < -0.3 is 20.1 Å². The number of amides is 1. The summed E-state index contributed by atoms with van der Waals surface area (Å²) in [7, 11) is 1.75. The number of hydrogen-bond acceptors (Lipinski definition) is 9. The quantitative estimate of drug-likeness (QED) is 0.627. The summed E-state index contributed by atoms with van der Waals surface area (Å²) in [5, 5.41) is 3.84. The second-order valence-electron chi connectivity index (χ2n) is 7.21. The number of alkyl halides is 3. The zero-order valence-electron chi connectivity index (χ0n) is 17.0. The lowest BCUT2D eigenvalue weighted by molar-refractivity contribution is -0.162. The molecule has 32 heavy (non-hydrogen) atoms. The smallest absolute Gasteiger partial charge is 0.368 e. The maximum Gasteiger partial charge on any atom is 0.397 e. The third kappa shape index (κ3) is 4.60. The van der Waals surface area contributed by atoms with Gasteiger partial charge in [-0.2, -0.15) is 33.1 Å². The van der Waals surface area contributed by atoms with E-state index in [-0.39, 0.29) is 36.0 Å². The van der Waals surface area contributed by atoms with E-state index in [9.17, 15) is 18.0 Å². The Morgan fingerprint density at radius 1 is 1.19 bits per heavy atom. The monoisotopic (exact) mass is 448 g/mol. The van der Waals surface area contributed by atoms with Crippen molar-refractivity contribution in [3.63, 3.8) is 0 Å². The standard InChI is InChI=1S/C19H19F3N8O2/c1-29(11-6-3-2-4-7-11)18-26-14(25-17(23)27-18)15-24-16(32-28-15)12-8-5-9-30(12)13(31)10-19(20,21)22/h2-4,6-7,12H,5,8-10H2,1H3,(H2,23,25,26,27). The van der Waals surface area contributed by atoms with Crippen LogP contribution in [0.5, 0.6) is 0 Å². The molecule has 1 aromatic carbocycles. The lowest BCUT2D eigenvalue weighted by atomic mass is 10.2. The first-order chi connectivity index (χ1) is 15.2. The molecule has 10 nitrogen and oxygen atoms in total. The van der Waals surface area contributed by atoms with Gasteiger partial charge in [0.15, 0.2) is 0 Å². The molecule has 2 aromatic heterocycles. The molecule has 4 rings (SSSR count). The Morgan fingerprint density at radius 2 is 1.94 bits per heavy atom.